The molecule has 0 aliphatic carbocycles. The lowest BCUT2D eigenvalue weighted by atomic mass is 10.1. The molecule has 0 amide bonds. The quantitative estimate of drug-likeness (QED) is 0.761. The van der Waals surface area contributed by atoms with Gasteiger partial charge in [0.1, 0.15) is 17.4 Å². The molecular weight excluding hydrogens is 281 g/mol. The maximum Gasteiger partial charge on any atom is 0.135 e. The maximum atomic E-state index is 13.0. The molecule has 0 atom stereocenters. The average molecular weight is 299 g/mol. The van der Waals surface area contributed by atoms with E-state index in [1.807, 2.05) is 30.3 Å². The first kappa shape index (κ1) is 14.0. The molecular formula is C17H18FN3O. The Morgan fingerprint density at radius 3 is 2.68 bits per heavy atom. The Kier molecular flexibility index (Phi) is 3.96. The monoisotopic (exact) mass is 299 g/mol. The van der Waals surface area contributed by atoms with E-state index < -0.39 is 5.82 Å². The summed E-state index contributed by atoms with van der Waals surface area (Å²) in [4.78, 5) is 8.63. The minimum Gasteiger partial charge on any atom is -0.507 e. The SMILES string of the molecule is Oc1cc(F)ccc1CNc1ncccc1-c1ccccn1.[HH].[HH]. The zero-order valence-corrected chi connectivity index (χ0v) is 11.7. The molecule has 3 rings (SSSR count). The Hall–Kier alpha value is -2.95. The Morgan fingerprint density at radius 2 is 1.91 bits per heavy atom. The number of rotatable bonds is 4. The number of hydrogen-bond acceptors (Lipinski definition) is 4. The van der Waals surface area contributed by atoms with Gasteiger partial charge in [0.15, 0.2) is 0 Å². The van der Waals surface area contributed by atoms with Crippen LogP contribution in [-0.4, -0.2) is 15.1 Å². The van der Waals surface area contributed by atoms with Crippen LogP contribution >= 0.6 is 0 Å². The van der Waals surface area contributed by atoms with Crippen molar-refractivity contribution < 1.29 is 12.4 Å². The third-order valence-corrected chi connectivity index (χ3v) is 3.24. The average Bonchev–Trinajstić information content (AvgIpc) is 2.55. The van der Waals surface area contributed by atoms with Crippen molar-refractivity contribution in [3.05, 3.63) is 72.3 Å². The van der Waals surface area contributed by atoms with E-state index in [9.17, 15) is 9.50 Å². The fourth-order valence-corrected chi connectivity index (χ4v) is 2.14. The number of halogens is 1. The highest BCUT2D eigenvalue weighted by Gasteiger charge is 2.08. The highest BCUT2D eigenvalue weighted by Crippen LogP contribution is 2.25. The van der Waals surface area contributed by atoms with Crippen LogP contribution in [0.2, 0.25) is 0 Å². The van der Waals surface area contributed by atoms with Gasteiger partial charge in [0.05, 0.1) is 5.69 Å². The van der Waals surface area contributed by atoms with E-state index in [1.54, 1.807) is 18.5 Å². The standard InChI is InChI=1S/C17H14FN3O.2H2/c18-13-7-6-12(16(22)10-13)11-21-17-14(4-3-9-20-17)15-5-1-2-8-19-15;;/h1-10,22H,11H2,(H,20,21);2*1H. The predicted molar refractivity (Wildman–Crippen MR) is 87.1 cm³/mol. The molecule has 0 aliphatic heterocycles. The second-order valence-corrected chi connectivity index (χ2v) is 4.74. The van der Waals surface area contributed by atoms with Gasteiger partial charge in [-0.2, -0.15) is 0 Å². The van der Waals surface area contributed by atoms with E-state index in [2.05, 4.69) is 15.3 Å². The normalized spacial score (nSPS) is 10.4. The van der Waals surface area contributed by atoms with E-state index in [0.29, 0.717) is 17.9 Å². The number of aromatic nitrogens is 2. The number of phenols is 1. The lowest BCUT2D eigenvalue weighted by Crippen LogP contribution is -2.03. The van der Waals surface area contributed by atoms with Gasteiger partial charge in [0.25, 0.3) is 0 Å². The molecule has 0 saturated heterocycles. The van der Waals surface area contributed by atoms with Crippen LogP contribution in [0.5, 0.6) is 5.75 Å². The van der Waals surface area contributed by atoms with Gasteiger partial charge in [-0.3, -0.25) is 4.98 Å². The Morgan fingerprint density at radius 1 is 1.05 bits per heavy atom. The van der Waals surface area contributed by atoms with Crippen molar-refractivity contribution in [3.63, 3.8) is 0 Å². The van der Waals surface area contributed by atoms with E-state index >= 15 is 0 Å². The molecule has 0 unspecified atom stereocenters. The topological polar surface area (TPSA) is 58.0 Å². The second kappa shape index (κ2) is 6.22. The number of nitrogens with one attached hydrogen (secondary N) is 1. The van der Waals surface area contributed by atoms with Crippen molar-refractivity contribution in [2.24, 2.45) is 0 Å². The number of benzene rings is 1. The predicted octanol–water partition coefficient (Wildman–Crippen LogP) is 4.09. The summed E-state index contributed by atoms with van der Waals surface area (Å²) in [6, 6.07) is 13.4. The minimum absolute atomic E-state index is 0. The van der Waals surface area contributed by atoms with Gasteiger partial charge in [0, 0.05) is 39.0 Å². The lowest BCUT2D eigenvalue weighted by molar-refractivity contribution is 0.463. The molecule has 2 heterocycles. The zero-order valence-electron chi connectivity index (χ0n) is 11.7. The fraction of sp³-hybridized carbons (Fsp3) is 0.0588. The first-order valence-corrected chi connectivity index (χ1v) is 6.82. The zero-order chi connectivity index (χ0) is 15.4. The maximum absolute atomic E-state index is 13.0. The summed E-state index contributed by atoms with van der Waals surface area (Å²) in [6.45, 7) is 0.336. The summed E-state index contributed by atoms with van der Waals surface area (Å²) in [6.07, 6.45) is 3.40. The van der Waals surface area contributed by atoms with Crippen LogP contribution in [0, 0.1) is 5.82 Å². The molecule has 5 heteroatoms. The third kappa shape index (κ3) is 3.03. The molecule has 22 heavy (non-hydrogen) atoms. The van der Waals surface area contributed by atoms with Crippen LogP contribution in [0.1, 0.15) is 8.42 Å². The number of aromatic hydroxyl groups is 1. The minimum atomic E-state index is -0.465. The molecule has 4 nitrogen and oxygen atoms in total. The number of pyridine rings is 2. The summed E-state index contributed by atoms with van der Waals surface area (Å²) >= 11 is 0. The van der Waals surface area contributed by atoms with Gasteiger partial charge in [-0.25, -0.2) is 9.37 Å². The molecule has 0 radical (unpaired) electrons. The molecule has 0 saturated carbocycles. The first-order chi connectivity index (χ1) is 10.7. The lowest BCUT2D eigenvalue weighted by Gasteiger charge is -2.11. The number of phenolic OH excluding ortho intramolecular Hbond substituents is 1. The van der Waals surface area contributed by atoms with E-state index in [0.717, 1.165) is 17.3 Å². The van der Waals surface area contributed by atoms with Crippen molar-refractivity contribution >= 4 is 5.82 Å². The van der Waals surface area contributed by atoms with Gasteiger partial charge in [-0.15, -0.1) is 0 Å². The summed E-state index contributed by atoms with van der Waals surface area (Å²) in [7, 11) is 0. The molecule has 0 aliphatic rings. The van der Waals surface area contributed by atoms with Crippen LogP contribution in [0.25, 0.3) is 11.3 Å². The van der Waals surface area contributed by atoms with E-state index in [-0.39, 0.29) is 8.60 Å². The molecule has 0 bridgehead atoms. The van der Waals surface area contributed by atoms with Crippen LogP contribution in [0.3, 0.4) is 0 Å². The number of anilines is 1. The largest absolute Gasteiger partial charge is 0.507 e. The third-order valence-electron chi connectivity index (χ3n) is 3.24. The van der Waals surface area contributed by atoms with Gasteiger partial charge in [-0.1, -0.05) is 12.1 Å². The van der Waals surface area contributed by atoms with E-state index in [1.165, 1.54) is 6.07 Å². The fourth-order valence-electron chi connectivity index (χ4n) is 2.14. The summed E-state index contributed by atoms with van der Waals surface area (Å²) < 4.78 is 13.0. The smallest absolute Gasteiger partial charge is 0.135 e. The summed E-state index contributed by atoms with van der Waals surface area (Å²) in [5.74, 6) is 0.112. The molecule has 3 aromatic rings. The Balaban J connectivity index is 0.00000144. The molecule has 114 valence electrons. The number of hydrogen-bond donors (Lipinski definition) is 2. The van der Waals surface area contributed by atoms with Gasteiger partial charge in [-0.05, 0) is 30.3 Å². The van der Waals surface area contributed by atoms with Crippen molar-refractivity contribution in [2.45, 2.75) is 6.54 Å². The summed E-state index contributed by atoms with van der Waals surface area (Å²) in [5, 5.41) is 12.9. The van der Waals surface area contributed by atoms with Crippen molar-refractivity contribution in [3.8, 4) is 17.0 Å². The Bertz CT molecular complexity index is 788. The highest BCUT2D eigenvalue weighted by atomic mass is 19.1. The van der Waals surface area contributed by atoms with Crippen LogP contribution in [0.15, 0.2) is 60.9 Å². The second-order valence-electron chi connectivity index (χ2n) is 4.74. The van der Waals surface area contributed by atoms with Crippen LogP contribution in [-0.2, 0) is 6.54 Å². The van der Waals surface area contributed by atoms with Gasteiger partial charge < -0.3 is 10.4 Å². The summed E-state index contributed by atoms with van der Waals surface area (Å²) in [5.41, 5.74) is 2.27. The van der Waals surface area contributed by atoms with Crippen LogP contribution in [0.4, 0.5) is 10.2 Å². The molecule has 2 N–H and O–H groups in total. The van der Waals surface area contributed by atoms with Crippen molar-refractivity contribution in [1.82, 2.24) is 9.97 Å². The van der Waals surface area contributed by atoms with Gasteiger partial charge >= 0.3 is 0 Å². The van der Waals surface area contributed by atoms with E-state index in [4.69, 9.17) is 0 Å². The highest BCUT2D eigenvalue weighted by molar-refractivity contribution is 5.72. The van der Waals surface area contributed by atoms with Gasteiger partial charge in [0.2, 0.25) is 0 Å². The van der Waals surface area contributed by atoms with Crippen molar-refractivity contribution in [1.29, 1.82) is 0 Å². The molecule has 0 spiro atoms. The molecule has 0 fully saturated rings. The molecule has 1 aromatic carbocycles. The Labute approximate surface area is 130 Å². The number of nitrogens with zero attached hydrogens (tertiary/aromatic N) is 2. The van der Waals surface area contributed by atoms with Crippen LogP contribution < -0.4 is 5.32 Å². The molecule has 2 aromatic heterocycles. The first-order valence-electron chi connectivity index (χ1n) is 6.82. The van der Waals surface area contributed by atoms with Crippen molar-refractivity contribution in [2.75, 3.05) is 5.32 Å².